The molecule has 74 valence electrons. The summed E-state index contributed by atoms with van der Waals surface area (Å²) >= 11 is 0. The Hall–Kier alpha value is -1.38. The fourth-order valence-corrected chi connectivity index (χ4v) is 1.40. The van der Waals surface area contributed by atoms with Crippen molar-refractivity contribution in [1.29, 1.82) is 0 Å². The number of aryl methyl sites for hydroxylation is 1. The van der Waals surface area contributed by atoms with Gasteiger partial charge in [0.15, 0.2) is 5.82 Å². The van der Waals surface area contributed by atoms with Crippen LogP contribution in [0, 0.1) is 6.92 Å². The van der Waals surface area contributed by atoms with Gasteiger partial charge in [-0.15, -0.1) is 0 Å². The second kappa shape index (κ2) is 2.80. The highest BCUT2D eigenvalue weighted by atomic mass is 15.2. The van der Waals surface area contributed by atoms with Crippen molar-refractivity contribution < 1.29 is 0 Å². The Kier molecular flexibility index (Phi) is 1.84. The lowest BCUT2D eigenvalue weighted by molar-refractivity contribution is 0.527. The molecule has 2 aromatic rings. The number of hydrogen-bond donors (Lipinski definition) is 0. The zero-order valence-corrected chi connectivity index (χ0v) is 9.07. The minimum absolute atomic E-state index is 0.00319. The molecule has 0 aliphatic heterocycles. The van der Waals surface area contributed by atoms with E-state index >= 15 is 0 Å². The van der Waals surface area contributed by atoms with Crippen molar-refractivity contribution in [3.05, 3.63) is 29.8 Å². The van der Waals surface area contributed by atoms with E-state index in [0.717, 1.165) is 17.0 Å². The van der Waals surface area contributed by atoms with Crippen LogP contribution in [0.15, 0.2) is 18.3 Å². The van der Waals surface area contributed by atoms with Crippen molar-refractivity contribution in [3.8, 4) is 0 Å². The molecule has 0 aromatic carbocycles. The average molecular weight is 189 g/mol. The molecule has 2 heterocycles. The first-order valence-electron chi connectivity index (χ1n) is 4.81. The van der Waals surface area contributed by atoms with E-state index in [2.05, 4.69) is 30.9 Å². The molecule has 0 aliphatic carbocycles. The Labute approximate surface area is 83.8 Å². The lowest BCUT2D eigenvalue weighted by atomic mass is 9.96. The Morgan fingerprint density at radius 1 is 1.29 bits per heavy atom. The summed E-state index contributed by atoms with van der Waals surface area (Å²) in [5.74, 6) is 0.888. The molecule has 2 aromatic heterocycles. The SMILES string of the molecule is Cc1nc(C(C)(C)C)nn2cccc12. The van der Waals surface area contributed by atoms with Gasteiger partial charge in [-0.2, -0.15) is 5.10 Å². The quantitative estimate of drug-likeness (QED) is 0.636. The maximum absolute atomic E-state index is 4.51. The van der Waals surface area contributed by atoms with Gasteiger partial charge in [-0.1, -0.05) is 20.8 Å². The molecular weight excluding hydrogens is 174 g/mol. The molecule has 0 N–H and O–H groups in total. The van der Waals surface area contributed by atoms with Crippen LogP contribution in [0.5, 0.6) is 0 Å². The predicted molar refractivity (Wildman–Crippen MR) is 56.4 cm³/mol. The second-order valence-electron chi connectivity index (χ2n) is 4.61. The number of fused-ring (bicyclic) bond motifs is 1. The summed E-state index contributed by atoms with van der Waals surface area (Å²) in [6.45, 7) is 8.39. The minimum atomic E-state index is 0.00319. The van der Waals surface area contributed by atoms with Gasteiger partial charge < -0.3 is 0 Å². The average Bonchev–Trinajstić information content (AvgIpc) is 2.50. The van der Waals surface area contributed by atoms with Crippen molar-refractivity contribution in [1.82, 2.24) is 14.6 Å². The molecule has 0 saturated carbocycles. The zero-order chi connectivity index (χ0) is 10.3. The summed E-state index contributed by atoms with van der Waals surface area (Å²) in [4.78, 5) is 4.51. The highest BCUT2D eigenvalue weighted by Gasteiger charge is 2.18. The van der Waals surface area contributed by atoms with E-state index in [1.807, 2.05) is 29.8 Å². The second-order valence-corrected chi connectivity index (χ2v) is 4.61. The van der Waals surface area contributed by atoms with Crippen molar-refractivity contribution in [2.45, 2.75) is 33.1 Å². The van der Waals surface area contributed by atoms with E-state index in [9.17, 15) is 0 Å². The van der Waals surface area contributed by atoms with Gasteiger partial charge in [0.05, 0.1) is 11.2 Å². The first-order valence-corrected chi connectivity index (χ1v) is 4.81. The van der Waals surface area contributed by atoms with Gasteiger partial charge in [0, 0.05) is 11.6 Å². The Morgan fingerprint density at radius 3 is 2.64 bits per heavy atom. The summed E-state index contributed by atoms with van der Waals surface area (Å²) < 4.78 is 1.89. The molecule has 0 amide bonds. The number of rotatable bonds is 0. The van der Waals surface area contributed by atoms with Crippen LogP contribution in [0.2, 0.25) is 0 Å². The van der Waals surface area contributed by atoms with Crippen molar-refractivity contribution in [2.75, 3.05) is 0 Å². The van der Waals surface area contributed by atoms with Crippen LogP contribution in [0.3, 0.4) is 0 Å². The fourth-order valence-electron chi connectivity index (χ4n) is 1.40. The van der Waals surface area contributed by atoms with Crippen LogP contribution in [0.1, 0.15) is 32.3 Å². The van der Waals surface area contributed by atoms with E-state index < -0.39 is 0 Å². The topological polar surface area (TPSA) is 30.2 Å². The van der Waals surface area contributed by atoms with Crippen LogP contribution in [-0.4, -0.2) is 14.6 Å². The van der Waals surface area contributed by atoms with Crippen LogP contribution in [0.25, 0.3) is 5.52 Å². The molecule has 2 rings (SSSR count). The maximum Gasteiger partial charge on any atom is 0.154 e. The Balaban J connectivity index is 2.70. The highest BCUT2D eigenvalue weighted by Crippen LogP contribution is 2.19. The Morgan fingerprint density at radius 2 is 2.00 bits per heavy atom. The molecule has 0 atom stereocenters. The lowest BCUT2D eigenvalue weighted by Crippen LogP contribution is -2.18. The summed E-state index contributed by atoms with van der Waals surface area (Å²) in [7, 11) is 0. The molecular formula is C11H15N3. The molecule has 3 nitrogen and oxygen atoms in total. The smallest absolute Gasteiger partial charge is 0.154 e. The van der Waals surface area contributed by atoms with Crippen molar-refractivity contribution in [3.63, 3.8) is 0 Å². The monoisotopic (exact) mass is 189 g/mol. The Bertz CT molecular complexity index is 463. The van der Waals surface area contributed by atoms with Crippen molar-refractivity contribution in [2.24, 2.45) is 0 Å². The number of hydrogen-bond acceptors (Lipinski definition) is 2. The van der Waals surface area contributed by atoms with Gasteiger partial charge in [-0.3, -0.25) is 0 Å². The van der Waals surface area contributed by atoms with Crippen molar-refractivity contribution >= 4 is 5.52 Å². The molecule has 14 heavy (non-hydrogen) atoms. The minimum Gasteiger partial charge on any atom is -0.237 e. The van der Waals surface area contributed by atoms with Crippen LogP contribution < -0.4 is 0 Å². The van der Waals surface area contributed by atoms with E-state index in [-0.39, 0.29) is 5.41 Å². The molecule has 3 heteroatoms. The molecule has 0 unspecified atom stereocenters. The fraction of sp³-hybridized carbons (Fsp3) is 0.455. The summed E-state index contributed by atoms with van der Waals surface area (Å²) in [6.07, 6.45) is 1.96. The molecule has 0 spiro atoms. The predicted octanol–water partition coefficient (Wildman–Crippen LogP) is 2.34. The summed E-state index contributed by atoms with van der Waals surface area (Å²) in [6, 6.07) is 4.02. The third-order valence-electron chi connectivity index (χ3n) is 2.25. The first kappa shape index (κ1) is 9.19. The van der Waals surface area contributed by atoms with Gasteiger partial charge in [-0.05, 0) is 19.1 Å². The lowest BCUT2D eigenvalue weighted by Gasteiger charge is -2.16. The van der Waals surface area contributed by atoms with Gasteiger partial charge in [-0.25, -0.2) is 9.50 Å². The third-order valence-corrected chi connectivity index (χ3v) is 2.25. The van der Waals surface area contributed by atoms with Gasteiger partial charge in [0.25, 0.3) is 0 Å². The third kappa shape index (κ3) is 1.39. The first-order chi connectivity index (χ1) is 6.48. The summed E-state index contributed by atoms with van der Waals surface area (Å²) in [5.41, 5.74) is 2.12. The van der Waals surface area contributed by atoms with Gasteiger partial charge in [0.2, 0.25) is 0 Å². The number of nitrogens with zero attached hydrogens (tertiary/aromatic N) is 3. The normalized spacial score (nSPS) is 12.3. The van der Waals surface area contributed by atoms with Gasteiger partial charge >= 0.3 is 0 Å². The van der Waals surface area contributed by atoms with E-state index in [1.165, 1.54) is 0 Å². The summed E-state index contributed by atoms with van der Waals surface area (Å²) in [5, 5.41) is 4.47. The highest BCUT2D eigenvalue weighted by molar-refractivity contribution is 5.50. The molecule has 0 bridgehead atoms. The molecule has 0 saturated heterocycles. The number of aromatic nitrogens is 3. The van der Waals surface area contributed by atoms with Gasteiger partial charge in [0.1, 0.15) is 0 Å². The zero-order valence-electron chi connectivity index (χ0n) is 9.07. The van der Waals surface area contributed by atoms with Crippen LogP contribution in [-0.2, 0) is 5.41 Å². The largest absolute Gasteiger partial charge is 0.237 e. The molecule has 0 aliphatic rings. The van der Waals surface area contributed by atoms with Crippen LogP contribution in [0.4, 0.5) is 0 Å². The molecule has 0 radical (unpaired) electrons. The molecule has 0 fully saturated rings. The standard InChI is InChI=1S/C11H15N3/c1-8-9-6-5-7-14(9)13-10(12-8)11(2,3)4/h5-7H,1-4H3. The van der Waals surface area contributed by atoms with E-state index in [4.69, 9.17) is 0 Å². The maximum atomic E-state index is 4.51. The van der Waals surface area contributed by atoms with E-state index in [1.54, 1.807) is 0 Å². The van der Waals surface area contributed by atoms with Crippen LogP contribution >= 0.6 is 0 Å². The van der Waals surface area contributed by atoms with E-state index in [0.29, 0.717) is 0 Å².